The first-order chi connectivity index (χ1) is 15.4. The van der Waals surface area contributed by atoms with E-state index in [1.54, 1.807) is 35.7 Å². The molecule has 12 heteroatoms. The minimum atomic E-state index is -3.51. The van der Waals surface area contributed by atoms with E-state index in [4.69, 9.17) is 4.74 Å². The maximum atomic E-state index is 12.7. The van der Waals surface area contributed by atoms with Crippen molar-refractivity contribution in [3.05, 3.63) is 29.8 Å². The van der Waals surface area contributed by atoms with E-state index in [1.165, 1.54) is 27.4 Å². The third-order valence-corrected chi connectivity index (χ3v) is 9.69. The molecule has 0 aromatic carbocycles. The maximum Gasteiger partial charge on any atom is 0.410 e. The van der Waals surface area contributed by atoms with Crippen LogP contribution in [0, 0.1) is 0 Å². The summed E-state index contributed by atoms with van der Waals surface area (Å²) < 4.78 is 32.7. The van der Waals surface area contributed by atoms with Crippen molar-refractivity contribution in [2.75, 3.05) is 44.4 Å². The molecular weight excluding hydrogens is 470 g/mol. The third kappa shape index (κ3) is 5.03. The quantitative estimate of drug-likeness (QED) is 0.444. The van der Waals surface area contributed by atoms with Gasteiger partial charge in [0.15, 0.2) is 5.16 Å². The number of thioether (sulfide) groups is 1. The van der Waals surface area contributed by atoms with Gasteiger partial charge in [0.2, 0.25) is 0 Å². The summed E-state index contributed by atoms with van der Waals surface area (Å²) in [6.45, 7) is 2.15. The van der Waals surface area contributed by atoms with Crippen LogP contribution in [0.3, 0.4) is 0 Å². The molecule has 2 aliphatic heterocycles. The van der Waals surface area contributed by atoms with Crippen LogP contribution in [0.4, 0.5) is 10.6 Å². The normalized spacial score (nSPS) is 20.4. The van der Waals surface area contributed by atoms with Crippen LogP contribution in [0.15, 0.2) is 39.1 Å². The van der Waals surface area contributed by atoms with Gasteiger partial charge in [0, 0.05) is 38.9 Å². The van der Waals surface area contributed by atoms with E-state index in [0.29, 0.717) is 17.2 Å². The van der Waals surface area contributed by atoms with Crippen LogP contribution in [0.5, 0.6) is 0 Å². The van der Waals surface area contributed by atoms with E-state index in [1.807, 2.05) is 12.3 Å². The summed E-state index contributed by atoms with van der Waals surface area (Å²) in [5.41, 5.74) is 0. The zero-order valence-electron chi connectivity index (χ0n) is 18.1. The molecule has 2 aromatic heterocycles. The molecule has 2 fully saturated rings. The van der Waals surface area contributed by atoms with Crippen molar-refractivity contribution in [1.29, 1.82) is 0 Å². The molecule has 0 N–H and O–H groups in total. The second-order valence-corrected chi connectivity index (χ2v) is 11.7. The van der Waals surface area contributed by atoms with Crippen molar-refractivity contribution in [3.63, 3.8) is 0 Å². The molecule has 4 heterocycles. The molecule has 2 aromatic rings. The Bertz CT molecular complexity index is 1030. The summed E-state index contributed by atoms with van der Waals surface area (Å²) >= 11 is 2.71. The lowest BCUT2D eigenvalue weighted by Crippen LogP contribution is -2.46. The summed E-state index contributed by atoms with van der Waals surface area (Å²) in [5.74, 6) is 0.908. The Balaban J connectivity index is 1.27. The molecule has 0 aliphatic carbocycles. The van der Waals surface area contributed by atoms with Crippen LogP contribution in [0.1, 0.15) is 19.3 Å². The standard InChI is InChI=1S/C20H27N5O4S3/c1-23(15-6-10-24(11-7-15)17-5-9-21-19(22-17)30-2)20(26)29-16-8-12-25(14-16)32(27,28)18-4-3-13-31-18/h3-5,9,13,15-16H,6-8,10-12,14H2,1-2H3. The number of amides is 1. The average Bonchev–Trinajstić information content (AvgIpc) is 3.52. The molecule has 0 bridgehead atoms. The number of nitrogens with zero attached hydrogens (tertiary/aromatic N) is 5. The SMILES string of the molecule is CSc1nccc(N2CCC(N(C)C(=O)OC3CCN(S(=O)(=O)c4cccs4)C3)CC2)n1. The number of carbonyl (C=O) groups excluding carboxylic acids is 1. The van der Waals surface area contributed by atoms with Crippen LogP contribution in [-0.2, 0) is 14.8 Å². The van der Waals surface area contributed by atoms with Gasteiger partial charge < -0.3 is 14.5 Å². The second-order valence-electron chi connectivity index (χ2n) is 7.82. The molecule has 0 radical (unpaired) electrons. The third-order valence-electron chi connectivity index (χ3n) is 5.89. The van der Waals surface area contributed by atoms with E-state index in [-0.39, 0.29) is 12.6 Å². The number of ether oxygens (including phenoxy) is 1. The highest BCUT2D eigenvalue weighted by molar-refractivity contribution is 7.98. The van der Waals surface area contributed by atoms with Crippen molar-refractivity contribution in [1.82, 2.24) is 19.2 Å². The first kappa shape index (κ1) is 23.3. The number of thiophene rings is 1. The predicted octanol–water partition coefficient (Wildman–Crippen LogP) is 2.76. The van der Waals surface area contributed by atoms with Gasteiger partial charge in [-0.25, -0.2) is 23.2 Å². The lowest BCUT2D eigenvalue weighted by Gasteiger charge is -2.37. The van der Waals surface area contributed by atoms with Crippen LogP contribution in [-0.4, -0.2) is 85.3 Å². The van der Waals surface area contributed by atoms with Gasteiger partial charge >= 0.3 is 6.09 Å². The Morgan fingerprint density at radius 1 is 1.25 bits per heavy atom. The smallest absolute Gasteiger partial charge is 0.410 e. The van der Waals surface area contributed by atoms with Gasteiger partial charge in [-0.1, -0.05) is 17.8 Å². The number of hydrogen-bond acceptors (Lipinski definition) is 9. The van der Waals surface area contributed by atoms with Gasteiger partial charge in [-0.15, -0.1) is 11.3 Å². The summed E-state index contributed by atoms with van der Waals surface area (Å²) in [6.07, 6.45) is 5.04. The molecule has 2 aliphatic rings. The van der Waals surface area contributed by atoms with E-state index in [9.17, 15) is 13.2 Å². The number of sulfonamides is 1. The number of rotatable bonds is 6. The Morgan fingerprint density at radius 3 is 2.72 bits per heavy atom. The zero-order valence-corrected chi connectivity index (χ0v) is 20.5. The van der Waals surface area contributed by atoms with Crippen molar-refractivity contribution in [2.45, 2.75) is 40.8 Å². The summed E-state index contributed by atoms with van der Waals surface area (Å²) in [6, 6.07) is 5.31. The lowest BCUT2D eigenvalue weighted by molar-refractivity contribution is 0.0607. The van der Waals surface area contributed by atoms with Gasteiger partial charge in [0.1, 0.15) is 16.1 Å². The number of anilines is 1. The van der Waals surface area contributed by atoms with E-state index >= 15 is 0 Å². The molecular formula is C20H27N5O4S3. The number of hydrogen-bond donors (Lipinski definition) is 0. The monoisotopic (exact) mass is 497 g/mol. The molecule has 174 valence electrons. The van der Waals surface area contributed by atoms with Crippen LogP contribution in [0.2, 0.25) is 0 Å². The summed E-state index contributed by atoms with van der Waals surface area (Å²) in [7, 11) is -1.75. The Hall–Kier alpha value is -1.89. The van der Waals surface area contributed by atoms with Gasteiger partial charge in [-0.3, -0.25) is 0 Å². The van der Waals surface area contributed by atoms with Crippen molar-refractivity contribution in [2.24, 2.45) is 0 Å². The van der Waals surface area contributed by atoms with Crippen LogP contribution < -0.4 is 4.90 Å². The average molecular weight is 498 g/mol. The Morgan fingerprint density at radius 2 is 2.03 bits per heavy atom. The minimum Gasteiger partial charge on any atom is -0.445 e. The van der Waals surface area contributed by atoms with Crippen LogP contribution >= 0.6 is 23.1 Å². The second kappa shape index (κ2) is 9.94. The fraction of sp³-hybridized carbons (Fsp3) is 0.550. The van der Waals surface area contributed by atoms with Crippen molar-refractivity contribution < 1.29 is 17.9 Å². The first-order valence-electron chi connectivity index (χ1n) is 10.5. The maximum absolute atomic E-state index is 12.7. The fourth-order valence-corrected chi connectivity index (χ4v) is 7.00. The molecule has 32 heavy (non-hydrogen) atoms. The number of carbonyl (C=O) groups is 1. The number of piperidine rings is 1. The molecule has 1 amide bonds. The van der Waals surface area contributed by atoms with Crippen molar-refractivity contribution in [3.8, 4) is 0 Å². The topological polar surface area (TPSA) is 95.9 Å². The molecule has 2 saturated heterocycles. The predicted molar refractivity (Wildman–Crippen MR) is 125 cm³/mol. The first-order valence-corrected chi connectivity index (χ1v) is 14.0. The highest BCUT2D eigenvalue weighted by Crippen LogP contribution is 2.27. The van der Waals surface area contributed by atoms with Gasteiger partial charge in [-0.2, -0.15) is 4.31 Å². The van der Waals surface area contributed by atoms with Crippen molar-refractivity contribution >= 4 is 45.0 Å². The minimum absolute atomic E-state index is 0.0768. The Kier molecular flexibility index (Phi) is 7.23. The van der Waals surface area contributed by atoms with Gasteiger partial charge in [0.05, 0.1) is 6.54 Å². The van der Waals surface area contributed by atoms with Gasteiger partial charge in [0.25, 0.3) is 10.0 Å². The molecule has 0 saturated carbocycles. The van der Waals surface area contributed by atoms with Gasteiger partial charge in [-0.05, 0) is 43.0 Å². The summed E-state index contributed by atoms with van der Waals surface area (Å²) in [4.78, 5) is 25.4. The fourth-order valence-electron chi connectivity index (χ4n) is 4.01. The highest BCUT2D eigenvalue weighted by atomic mass is 32.2. The highest BCUT2D eigenvalue weighted by Gasteiger charge is 2.36. The molecule has 0 spiro atoms. The molecule has 4 rings (SSSR count). The number of aromatic nitrogens is 2. The molecule has 1 atom stereocenters. The molecule has 1 unspecified atom stereocenters. The summed E-state index contributed by atoms with van der Waals surface area (Å²) in [5, 5.41) is 2.49. The zero-order chi connectivity index (χ0) is 22.7. The van der Waals surface area contributed by atoms with E-state index in [0.717, 1.165) is 36.9 Å². The van der Waals surface area contributed by atoms with E-state index in [2.05, 4.69) is 14.9 Å². The van der Waals surface area contributed by atoms with Crippen LogP contribution in [0.25, 0.3) is 0 Å². The molecule has 9 nitrogen and oxygen atoms in total. The largest absolute Gasteiger partial charge is 0.445 e. The lowest BCUT2D eigenvalue weighted by atomic mass is 10.0. The Labute approximate surface area is 196 Å². The van der Waals surface area contributed by atoms with E-state index < -0.39 is 22.2 Å².